The van der Waals surface area contributed by atoms with Crippen LogP contribution in [0.25, 0.3) is 0 Å². The molecule has 3 heteroatoms. The first kappa shape index (κ1) is 14.8. The van der Waals surface area contributed by atoms with E-state index in [4.69, 9.17) is 4.74 Å². The Hall–Kier alpha value is -1.74. The van der Waals surface area contributed by atoms with Gasteiger partial charge in [-0.1, -0.05) is 58.4 Å². The molecule has 2 nitrogen and oxygen atoms in total. The number of para-hydroxylation sites is 1. The molecule has 1 N–H and O–H groups in total. The number of ether oxygens (including phenoxy) is 1. The number of allylic oxidation sites excluding steroid dienone is 2. The number of rotatable bonds is 3. The Bertz CT molecular complexity index is 755. The zero-order valence-electron chi connectivity index (χ0n) is 13.1. The Morgan fingerprint density at radius 2 is 1.96 bits per heavy atom. The second-order valence-electron chi connectivity index (χ2n) is 6.15. The summed E-state index contributed by atoms with van der Waals surface area (Å²) in [6.07, 6.45) is 5.80. The number of benzene rings is 2. The fourth-order valence-electron chi connectivity index (χ4n) is 3.90. The predicted molar refractivity (Wildman–Crippen MR) is 98.1 cm³/mol. The highest BCUT2D eigenvalue weighted by atomic mass is 79.9. The Labute approximate surface area is 145 Å². The molecule has 0 aromatic heterocycles. The van der Waals surface area contributed by atoms with Crippen LogP contribution in [-0.4, -0.2) is 6.61 Å². The van der Waals surface area contributed by atoms with Crippen molar-refractivity contribution in [2.24, 2.45) is 5.92 Å². The highest BCUT2D eigenvalue weighted by Crippen LogP contribution is 2.52. The van der Waals surface area contributed by atoms with Crippen molar-refractivity contribution >= 4 is 21.6 Å². The quantitative estimate of drug-likeness (QED) is 0.703. The van der Waals surface area contributed by atoms with E-state index in [1.807, 2.05) is 6.92 Å². The molecule has 0 saturated heterocycles. The van der Waals surface area contributed by atoms with E-state index in [1.54, 1.807) is 0 Å². The van der Waals surface area contributed by atoms with Gasteiger partial charge in [0.1, 0.15) is 5.75 Å². The van der Waals surface area contributed by atoms with E-state index in [9.17, 15) is 0 Å². The van der Waals surface area contributed by atoms with E-state index in [-0.39, 0.29) is 0 Å². The van der Waals surface area contributed by atoms with Crippen LogP contribution in [0.3, 0.4) is 0 Å². The van der Waals surface area contributed by atoms with Gasteiger partial charge in [0.2, 0.25) is 0 Å². The van der Waals surface area contributed by atoms with Crippen LogP contribution in [0.2, 0.25) is 0 Å². The topological polar surface area (TPSA) is 21.3 Å². The van der Waals surface area contributed by atoms with Gasteiger partial charge in [0.05, 0.1) is 18.3 Å². The first-order valence-corrected chi connectivity index (χ1v) is 9.02. The van der Waals surface area contributed by atoms with Crippen molar-refractivity contribution in [3.8, 4) is 5.75 Å². The van der Waals surface area contributed by atoms with Gasteiger partial charge < -0.3 is 10.1 Å². The minimum atomic E-state index is 0.291. The minimum Gasteiger partial charge on any atom is -0.492 e. The first-order valence-electron chi connectivity index (χ1n) is 8.23. The van der Waals surface area contributed by atoms with E-state index in [0.717, 1.165) is 17.9 Å². The molecular weight excluding hydrogens is 350 g/mol. The van der Waals surface area contributed by atoms with Gasteiger partial charge >= 0.3 is 0 Å². The van der Waals surface area contributed by atoms with E-state index < -0.39 is 0 Å². The molecule has 0 amide bonds. The van der Waals surface area contributed by atoms with Gasteiger partial charge in [-0.25, -0.2) is 0 Å². The van der Waals surface area contributed by atoms with Crippen molar-refractivity contribution in [2.45, 2.75) is 25.3 Å². The lowest BCUT2D eigenvalue weighted by molar-refractivity contribution is 0.337. The molecule has 0 radical (unpaired) electrons. The van der Waals surface area contributed by atoms with Gasteiger partial charge in [-0.2, -0.15) is 0 Å². The molecule has 2 aromatic carbocycles. The van der Waals surface area contributed by atoms with Gasteiger partial charge in [0.25, 0.3) is 0 Å². The summed E-state index contributed by atoms with van der Waals surface area (Å²) in [6, 6.07) is 15.2. The van der Waals surface area contributed by atoms with Crippen molar-refractivity contribution in [1.82, 2.24) is 0 Å². The summed E-state index contributed by atoms with van der Waals surface area (Å²) < 4.78 is 7.04. The second-order valence-corrected chi connectivity index (χ2v) is 7.00. The van der Waals surface area contributed by atoms with E-state index in [0.29, 0.717) is 24.5 Å². The number of hydrogen-bond donors (Lipinski definition) is 1. The largest absolute Gasteiger partial charge is 0.492 e. The lowest BCUT2D eigenvalue weighted by Gasteiger charge is -2.38. The lowest BCUT2D eigenvalue weighted by Crippen LogP contribution is -2.29. The molecule has 0 saturated carbocycles. The van der Waals surface area contributed by atoms with Gasteiger partial charge in [-0.15, -0.1) is 0 Å². The molecule has 0 fully saturated rings. The Morgan fingerprint density at radius 1 is 1.13 bits per heavy atom. The second kappa shape index (κ2) is 6.04. The third-order valence-corrected chi connectivity index (χ3v) is 5.62. The lowest BCUT2D eigenvalue weighted by atomic mass is 9.77. The van der Waals surface area contributed by atoms with Crippen molar-refractivity contribution < 1.29 is 4.74 Å². The number of halogens is 1. The van der Waals surface area contributed by atoms with Crippen LogP contribution in [0.1, 0.15) is 36.4 Å². The van der Waals surface area contributed by atoms with Crippen LogP contribution in [0.15, 0.2) is 59.1 Å². The van der Waals surface area contributed by atoms with Crippen molar-refractivity contribution in [3.63, 3.8) is 0 Å². The van der Waals surface area contributed by atoms with Gasteiger partial charge in [-0.3, -0.25) is 0 Å². The Kier molecular flexibility index (Phi) is 3.90. The summed E-state index contributed by atoms with van der Waals surface area (Å²) in [5.74, 6) is 1.97. The number of nitrogens with one attached hydrogen (secondary N) is 1. The first-order chi connectivity index (χ1) is 11.3. The van der Waals surface area contributed by atoms with Crippen molar-refractivity contribution in [2.75, 3.05) is 11.9 Å². The molecule has 0 bridgehead atoms. The van der Waals surface area contributed by atoms with E-state index >= 15 is 0 Å². The SMILES string of the molecule is CCOc1cccc2c1N[C@H](c1ccccc1Br)[C@@H]1CC=C[C@@H]21. The maximum Gasteiger partial charge on any atom is 0.142 e. The summed E-state index contributed by atoms with van der Waals surface area (Å²) in [6.45, 7) is 2.72. The van der Waals surface area contributed by atoms with Gasteiger partial charge in [0, 0.05) is 10.4 Å². The molecule has 2 aliphatic rings. The molecular formula is C20H20BrNO. The molecule has 2 aromatic rings. The Balaban J connectivity index is 1.82. The molecule has 1 aliphatic heterocycles. The normalized spacial score (nSPS) is 24.7. The molecule has 0 unspecified atom stereocenters. The van der Waals surface area contributed by atoms with Crippen LogP contribution in [0.4, 0.5) is 5.69 Å². The maximum atomic E-state index is 5.87. The van der Waals surface area contributed by atoms with Crippen LogP contribution in [0.5, 0.6) is 5.75 Å². The zero-order chi connectivity index (χ0) is 15.8. The molecule has 23 heavy (non-hydrogen) atoms. The average molecular weight is 370 g/mol. The summed E-state index contributed by atoms with van der Waals surface area (Å²) >= 11 is 3.73. The maximum absolute atomic E-state index is 5.87. The molecule has 118 valence electrons. The number of fused-ring (bicyclic) bond motifs is 3. The van der Waals surface area contributed by atoms with Crippen LogP contribution < -0.4 is 10.1 Å². The fourth-order valence-corrected chi connectivity index (χ4v) is 4.44. The van der Waals surface area contributed by atoms with Crippen molar-refractivity contribution in [1.29, 1.82) is 0 Å². The summed E-state index contributed by atoms with van der Waals surface area (Å²) in [5, 5.41) is 3.78. The summed E-state index contributed by atoms with van der Waals surface area (Å²) in [7, 11) is 0. The van der Waals surface area contributed by atoms with E-state index in [1.165, 1.54) is 15.6 Å². The average Bonchev–Trinajstić information content (AvgIpc) is 3.05. The number of hydrogen-bond acceptors (Lipinski definition) is 2. The Morgan fingerprint density at radius 3 is 2.78 bits per heavy atom. The van der Waals surface area contributed by atoms with Crippen LogP contribution in [-0.2, 0) is 0 Å². The van der Waals surface area contributed by atoms with E-state index in [2.05, 4.69) is 75.9 Å². The van der Waals surface area contributed by atoms with Crippen molar-refractivity contribution in [3.05, 3.63) is 70.2 Å². The third kappa shape index (κ3) is 2.47. The minimum absolute atomic E-state index is 0.291. The fraction of sp³-hybridized carbons (Fsp3) is 0.300. The monoisotopic (exact) mass is 369 g/mol. The van der Waals surface area contributed by atoms with Crippen LogP contribution >= 0.6 is 15.9 Å². The number of anilines is 1. The molecule has 0 spiro atoms. The predicted octanol–water partition coefficient (Wildman–Crippen LogP) is 5.67. The third-order valence-electron chi connectivity index (χ3n) is 4.90. The van der Waals surface area contributed by atoms with Gasteiger partial charge in [-0.05, 0) is 42.5 Å². The van der Waals surface area contributed by atoms with Gasteiger partial charge in [0.15, 0.2) is 0 Å². The standard InChI is InChI=1S/C20H20BrNO/c1-2-23-18-12-6-10-15-13-8-5-9-14(13)19(22-20(15)18)16-7-3-4-11-17(16)21/h3-8,10-14,19,22H,2,9H2,1H3/t13-,14-,19+/m1/s1. The molecule has 1 heterocycles. The summed E-state index contributed by atoms with van der Waals surface area (Å²) in [5.41, 5.74) is 3.84. The highest BCUT2D eigenvalue weighted by molar-refractivity contribution is 9.10. The highest BCUT2D eigenvalue weighted by Gasteiger charge is 2.39. The molecule has 4 rings (SSSR count). The van der Waals surface area contributed by atoms with Crippen LogP contribution in [0, 0.1) is 5.92 Å². The summed E-state index contributed by atoms with van der Waals surface area (Å²) in [4.78, 5) is 0. The molecule has 1 aliphatic carbocycles. The smallest absolute Gasteiger partial charge is 0.142 e. The molecule has 3 atom stereocenters. The zero-order valence-corrected chi connectivity index (χ0v) is 14.7.